The summed E-state index contributed by atoms with van der Waals surface area (Å²) in [6.07, 6.45) is 5.22. The van der Waals surface area contributed by atoms with Crippen LogP contribution in [0.1, 0.15) is 33.1 Å². The maximum atomic E-state index is 6.18. The molecule has 1 saturated heterocycles. The Morgan fingerprint density at radius 2 is 2.00 bits per heavy atom. The normalized spacial score (nSPS) is 21.9. The van der Waals surface area contributed by atoms with Crippen molar-refractivity contribution in [3.63, 3.8) is 0 Å². The van der Waals surface area contributed by atoms with E-state index in [0.29, 0.717) is 0 Å². The van der Waals surface area contributed by atoms with E-state index in [1.54, 1.807) is 0 Å². The quantitative estimate of drug-likeness (QED) is 0.640. The Hall–Kier alpha value is -0.340. The Kier molecular flexibility index (Phi) is 3.29. The molecule has 0 bridgehead atoms. The predicted molar refractivity (Wildman–Crippen MR) is 51.0 cm³/mol. The summed E-state index contributed by atoms with van der Waals surface area (Å²) in [5.74, 6) is 0. The fraction of sp³-hybridized carbons (Fsp3) is 0.800. The van der Waals surface area contributed by atoms with Gasteiger partial charge in [0, 0.05) is 18.8 Å². The summed E-state index contributed by atoms with van der Waals surface area (Å²) < 4.78 is 5.27. The van der Waals surface area contributed by atoms with E-state index >= 15 is 0 Å². The predicted octanol–water partition coefficient (Wildman–Crippen LogP) is 1.85. The van der Waals surface area contributed by atoms with Gasteiger partial charge in [0.15, 0.2) is 0 Å². The Balaban J connectivity index is 2.41. The van der Waals surface area contributed by atoms with Crippen LogP contribution in [0, 0.1) is 0 Å². The summed E-state index contributed by atoms with van der Waals surface area (Å²) in [5, 5.41) is 0. The van der Waals surface area contributed by atoms with Crippen molar-refractivity contribution in [1.29, 1.82) is 0 Å². The largest absolute Gasteiger partial charge is 0.381 e. The third-order valence-electron chi connectivity index (χ3n) is 2.41. The minimum absolute atomic E-state index is 0.00944. The van der Waals surface area contributed by atoms with Crippen LogP contribution in [0.15, 0.2) is 11.6 Å². The summed E-state index contributed by atoms with van der Waals surface area (Å²) in [4.78, 5) is 0. The van der Waals surface area contributed by atoms with E-state index in [4.69, 9.17) is 10.5 Å². The van der Waals surface area contributed by atoms with Gasteiger partial charge in [-0.1, -0.05) is 11.6 Å². The molecule has 0 unspecified atom stereocenters. The molecular formula is C10H19NO. The zero-order valence-corrected chi connectivity index (χ0v) is 8.10. The molecule has 1 fully saturated rings. The molecule has 0 aromatic carbocycles. The first kappa shape index (κ1) is 9.75. The summed E-state index contributed by atoms with van der Waals surface area (Å²) in [6.45, 7) is 5.88. The highest BCUT2D eigenvalue weighted by Gasteiger charge is 2.26. The second-order valence-electron chi connectivity index (χ2n) is 3.96. The van der Waals surface area contributed by atoms with Crippen molar-refractivity contribution >= 4 is 0 Å². The Labute approximate surface area is 74.8 Å². The van der Waals surface area contributed by atoms with Crippen molar-refractivity contribution in [2.45, 2.75) is 38.6 Å². The van der Waals surface area contributed by atoms with Crippen molar-refractivity contribution in [3.05, 3.63) is 11.6 Å². The van der Waals surface area contributed by atoms with E-state index in [1.807, 2.05) is 0 Å². The molecule has 0 aliphatic carbocycles. The van der Waals surface area contributed by atoms with Gasteiger partial charge in [-0.25, -0.2) is 0 Å². The van der Waals surface area contributed by atoms with Crippen molar-refractivity contribution in [2.75, 3.05) is 13.2 Å². The third-order valence-corrected chi connectivity index (χ3v) is 2.41. The van der Waals surface area contributed by atoms with Gasteiger partial charge in [-0.05, 0) is 33.1 Å². The van der Waals surface area contributed by atoms with Gasteiger partial charge >= 0.3 is 0 Å². The number of hydrogen-bond acceptors (Lipinski definition) is 2. The molecule has 1 rings (SSSR count). The number of hydrogen-bond donors (Lipinski definition) is 1. The summed E-state index contributed by atoms with van der Waals surface area (Å²) in [5.41, 5.74) is 7.55. The molecule has 0 atom stereocenters. The average molecular weight is 169 g/mol. The Morgan fingerprint density at radius 3 is 2.50 bits per heavy atom. The average Bonchev–Trinajstić information content (AvgIpc) is 2.03. The molecule has 0 saturated carbocycles. The van der Waals surface area contributed by atoms with Crippen molar-refractivity contribution < 1.29 is 4.74 Å². The summed E-state index contributed by atoms with van der Waals surface area (Å²) >= 11 is 0. The van der Waals surface area contributed by atoms with Gasteiger partial charge in [-0.15, -0.1) is 0 Å². The molecule has 1 aliphatic heterocycles. The Bertz CT molecular complexity index is 165. The lowest BCUT2D eigenvalue weighted by molar-refractivity contribution is 0.0542. The molecule has 2 nitrogen and oxygen atoms in total. The lowest BCUT2D eigenvalue weighted by Crippen LogP contribution is -2.44. The van der Waals surface area contributed by atoms with Gasteiger partial charge in [0.25, 0.3) is 0 Å². The molecule has 2 N–H and O–H groups in total. The van der Waals surface area contributed by atoms with E-state index in [9.17, 15) is 0 Å². The number of ether oxygens (including phenoxy) is 1. The van der Waals surface area contributed by atoms with E-state index in [1.165, 1.54) is 5.57 Å². The zero-order valence-electron chi connectivity index (χ0n) is 8.10. The van der Waals surface area contributed by atoms with Crippen LogP contribution in [-0.4, -0.2) is 18.8 Å². The van der Waals surface area contributed by atoms with Gasteiger partial charge in [-0.2, -0.15) is 0 Å². The van der Waals surface area contributed by atoms with Crippen LogP contribution >= 0.6 is 0 Å². The van der Waals surface area contributed by atoms with Crippen molar-refractivity contribution in [3.8, 4) is 0 Å². The van der Waals surface area contributed by atoms with Crippen molar-refractivity contribution in [2.24, 2.45) is 5.73 Å². The van der Waals surface area contributed by atoms with Crippen LogP contribution in [0.25, 0.3) is 0 Å². The number of allylic oxidation sites excluding steroid dienone is 1. The first-order valence-electron chi connectivity index (χ1n) is 4.62. The van der Waals surface area contributed by atoms with Gasteiger partial charge in [0.1, 0.15) is 0 Å². The highest BCUT2D eigenvalue weighted by Crippen LogP contribution is 2.22. The van der Waals surface area contributed by atoms with E-state index in [0.717, 1.165) is 32.5 Å². The maximum absolute atomic E-state index is 6.18. The fourth-order valence-electron chi connectivity index (χ4n) is 1.39. The molecule has 12 heavy (non-hydrogen) atoms. The highest BCUT2D eigenvalue weighted by atomic mass is 16.5. The maximum Gasteiger partial charge on any atom is 0.0483 e. The van der Waals surface area contributed by atoms with E-state index in [2.05, 4.69) is 19.9 Å². The highest BCUT2D eigenvalue weighted by molar-refractivity contribution is 5.00. The molecule has 0 aromatic rings. The minimum atomic E-state index is 0.00944. The summed E-state index contributed by atoms with van der Waals surface area (Å²) in [6, 6.07) is 0. The number of rotatable bonds is 2. The smallest absolute Gasteiger partial charge is 0.0483 e. The standard InChI is InChI=1S/C10H19NO/c1-9(2)3-4-10(11)5-7-12-8-6-10/h3H,4-8,11H2,1-2H3. The third kappa shape index (κ3) is 2.95. The first-order valence-corrected chi connectivity index (χ1v) is 4.62. The monoisotopic (exact) mass is 169 g/mol. The topological polar surface area (TPSA) is 35.2 Å². The second kappa shape index (κ2) is 4.06. The number of nitrogens with two attached hydrogens (primary N) is 1. The zero-order chi connectivity index (χ0) is 9.03. The molecule has 0 radical (unpaired) electrons. The van der Waals surface area contributed by atoms with Gasteiger partial charge in [-0.3, -0.25) is 0 Å². The molecule has 1 aliphatic rings. The van der Waals surface area contributed by atoms with Crippen LogP contribution < -0.4 is 5.73 Å². The molecule has 0 aromatic heterocycles. The minimum Gasteiger partial charge on any atom is -0.381 e. The lowest BCUT2D eigenvalue weighted by atomic mass is 9.87. The molecule has 1 heterocycles. The van der Waals surface area contributed by atoms with Gasteiger partial charge in [0.05, 0.1) is 0 Å². The second-order valence-corrected chi connectivity index (χ2v) is 3.96. The van der Waals surface area contributed by atoms with E-state index in [-0.39, 0.29) is 5.54 Å². The summed E-state index contributed by atoms with van der Waals surface area (Å²) in [7, 11) is 0. The molecule has 70 valence electrons. The fourth-order valence-corrected chi connectivity index (χ4v) is 1.39. The Morgan fingerprint density at radius 1 is 1.42 bits per heavy atom. The van der Waals surface area contributed by atoms with Gasteiger partial charge in [0.2, 0.25) is 0 Å². The molecule has 0 spiro atoms. The van der Waals surface area contributed by atoms with Crippen LogP contribution in [0.5, 0.6) is 0 Å². The van der Waals surface area contributed by atoms with Crippen LogP contribution in [0.3, 0.4) is 0 Å². The molecular weight excluding hydrogens is 150 g/mol. The van der Waals surface area contributed by atoms with Crippen LogP contribution in [-0.2, 0) is 4.74 Å². The van der Waals surface area contributed by atoms with E-state index < -0.39 is 0 Å². The molecule has 2 heteroatoms. The van der Waals surface area contributed by atoms with Gasteiger partial charge < -0.3 is 10.5 Å². The lowest BCUT2D eigenvalue weighted by Gasteiger charge is -2.32. The van der Waals surface area contributed by atoms with Crippen LogP contribution in [0.4, 0.5) is 0 Å². The van der Waals surface area contributed by atoms with Crippen molar-refractivity contribution in [1.82, 2.24) is 0 Å². The van der Waals surface area contributed by atoms with Crippen LogP contribution in [0.2, 0.25) is 0 Å². The SMILES string of the molecule is CC(C)=CCC1(N)CCOCC1. The first-order chi connectivity index (χ1) is 5.62. The molecule has 0 amide bonds.